The fourth-order valence-electron chi connectivity index (χ4n) is 3.18. The second-order valence-corrected chi connectivity index (χ2v) is 5.94. The number of rotatable bonds is 11. The van der Waals surface area contributed by atoms with Crippen LogP contribution in [0.5, 0.6) is 0 Å². The van der Waals surface area contributed by atoms with Gasteiger partial charge in [0.2, 0.25) is 0 Å². The first-order chi connectivity index (χ1) is 8.66. The van der Waals surface area contributed by atoms with Gasteiger partial charge in [0.25, 0.3) is 0 Å². The molecule has 0 bridgehead atoms. The Kier molecular flexibility index (Phi) is 10.9. The molecule has 0 amide bonds. The zero-order valence-corrected chi connectivity index (χ0v) is 13.9. The van der Waals surface area contributed by atoms with Crippen molar-refractivity contribution in [1.82, 2.24) is 0 Å². The minimum atomic E-state index is 0.881. The Labute approximate surface area is 117 Å². The van der Waals surface area contributed by atoms with E-state index in [9.17, 15) is 0 Å². The van der Waals surface area contributed by atoms with E-state index in [2.05, 4.69) is 41.5 Å². The normalized spacial score (nSPS) is 12.3. The predicted octanol–water partition coefficient (Wildman–Crippen LogP) is 6.65. The van der Waals surface area contributed by atoms with Crippen molar-refractivity contribution in [3.05, 3.63) is 5.92 Å². The molecule has 0 saturated carbocycles. The van der Waals surface area contributed by atoms with Crippen molar-refractivity contribution in [3.63, 3.8) is 0 Å². The van der Waals surface area contributed by atoms with Crippen LogP contribution < -0.4 is 0 Å². The summed E-state index contributed by atoms with van der Waals surface area (Å²) in [5.74, 6) is 4.62. The first-order valence-electron chi connectivity index (χ1n) is 8.50. The van der Waals surface area contributed by atoms with Crippen LogP contribution in [0, 0.1) is 23.7 Å². The molecule has 0 aliphatic carbocycles. The highest BCUT2D eigenvalue weighted by Crippen LogP contribution is 2.36. The molecule has 0 atom stereocenters. The van der Waals surface area contributed by atoms with E-state index in [1.54, 1.807) is 0 Å². The minimum absolute atomic E-state index is 0.881. The summed E-state index contributed by atoms with van der Waals surface area (Å²) < 4.78 is 0. The molecule has 0 unspecified atom stereocenters. The van der Waals surface area contributed by atoms with Crippen molar-refractivity contribution in [2.24, 2.45) is 17.8 Å². The summed E-state index contributed by atoms with van der Waals surface area (Å²) in [6.07, 6.45) is 10.9. The molecule has 0 nitrogen and oxygen atoms in total. The Morgan fingerprint density at radius 2 is 0.889 bits per heavy atom. The molecule has 0 spiro atoms. The fourth-order valence-corrected chi connectivity index (χ4v) is 3.18. The van der Waals surface area contributed by atoms with Crippen LogP contribution in [-0.4, -0.2) is 0 Å². The van der Waals surface area contributed by atoms with E-state index in [0.717, 1.165) is 17.8 Å². The lowest BCUT2D eigenvalue weighted by Crippen LogP contribution is -2.18. The lowest BCUT2D eigenvalue weighted by atomic mass is 9.74. The van der Waals surface area contributed by atoms with E-state index in [1.807, 2.05) is 5.92 Å². The topological polar surface area (TPSA) is 0 Å². The first kappa shape index (κ1) is 18.0. The monoisotopic (exact) mass is 253 g/mol. The van der Waals surface area contributed by atoms with Gasteiger partial charge in [0.05, 0.1) is 0 Å². The van der Waals surface area contributed by atoms with Gasteiger partial charge in [0, 0.05) is 0 Å². The van der Waals surface area contributed by atoms with E-state index in [4.69, 9.17) is 0 Å². The van der Waals surface area contributed by atoms with Crippen LogP contribution in [-0.2, 0) is 0 Å². The van der Waals surface area contributed by atoms with E-state index >= 15 is 0 Å². The molecule has 0 fully saturated rings. The first-order valence-corrected chi connectivity index (χ1v) is 8.50. The molecule has 0 N–H and O–H groups in total. The van der Waals surface area contributed by atoms with Crippen LogP contribution in [0.25, 0.3) is 0 Å². The maximum Gasteiger partial charge on any atom is -0.0205 e. The lowest BCUT2D eigenvalue weighted by Gasteiger charge is -2.31. The third kappa shape index (κ3) is 6.25. The molecular formula is C18H37. The van der Waals surface area contributed by atoms with Gasteiger partial charge >= 0.3 is 0 Å². The van der Waals surface area contributed by atoms with Crippen LogP contribution in [0.3, 0.4) is 0 Å². The molecule has 0 aliphatic rings. The fraction of sp³-hybridized carbons (Fsp3) is 0.944. The van der Waals surface area contributed by atoms with Crippen LogP contribution >= 0.6 is 0 Å². The Hall–Kier alpha value is 0. The maximum absolute atomic E-state index is 2.37. The lowest BCUT2D eigenvalue weighted by molar-refractivity contribution is 0.335. The van der Waals surface area contributed by atoms with Crippen molar-refractivity contribution in [2.75, 3.05) is 0 Å². The van der Waals surface area contributed by atoms with Gasteiger partial charge in [-0.1, -0.05) is 80.1 Å². The summed E-state index contributed by atoms with van der Waals surface area (Å²) in [7, 11) is 0. The molecule has 109 valence electrons. The van der Waals surface area contributed by atoms with Gasteiger partial charge in [0.1, 0.15) is 0 Å². The molecule has 1 radical (unpaired) electrons. The number of hydrogen-bond acceptors (Lipinski definition) is 0. The molecule has 0 aromatic rings. The summed E-state index contributed by atoms with van der Waals surface area (Å²) >= 11 is 0. The predicted molar refractivity (Wildman–Crippen MR) is 84.7 cm³/mol. The Bertz CT molecular complexity index is 147. The van der Waals surface area contributed by atoms with Gasteiger partial charge in [-0.2, -0.15) is 0 Å². The average Bonchev–Trinajstić information content (AvgIpc) is 2.42. The zero-order chi connectivity index (χ0) is 14.0. The molecule has 0 rings (SSSR count). The van der Waals surface area contributed by atoms with Crippen molar-refractivity contribution >= 4 is 0 Å². The molecule has 0 heteroatoms. The summed E-state index contributed by atoms with van der Waals surface area (Å²) in [5, 5.41) is 0. The molecule has 0 saturated heterocycles. The van der Waals surface area contributed by atoms with Crippen molar-refractivity contribution in [2.45, 2.75) is 92.9 Å². The van der Waals surface area contributed by atoms with Gasteiger partial charge < -0.3 is 0 Å². The summed E-state index contributed by atoms with van der Waals surface area (Å²) in [4.78, 5) is 0. The quantitative estimate of drug-likeness (QED) is 0.387. The van der Waals surface area contributed by atoms with Crippen LogP contribution in [0.15, 0.2) is 0 Å². The third-order valence-corrected chi connectivity index (χ3v) is 4.97. The second kappa shape index (κ2) is 10.9. The summed E-state index contributed by atoms with van der Waals surface area (Å²) in [5.41, 5.74) is 0. The van der Waals surface area contributed by atoms with E-state index in [-0.39, 0.29) is 0 Å². The van der Waals surface area contributed by atoms with E-state index < -0.39 is 0 Å². The zero-order valence-electron chi connectivity index (χ0n) is 13.9. The third-order valence-electron chi connectivity index (χ3n) is 4.97. The van der Waals surface area contributed by atoms with Gasteiger partial charge in [-0.25, -0.2) is 0 Å². The summed E-state index contributed by atoms with van der Waals surface area (Å²) in [6, 6.07) is 0. The SMILES string of the molecule is CCC(CC)C[C](CC(CC)CC)C(CC)CC. The van der Waals surface area contributed by atoms with Crippen molar-refractivity contribution in [1.29, 1.82) is 0 Å². The van der Waals surface area contributed by atoms with Crippen LogP contribution in [0.4, 0.5) is 0 Å². The molecule has 0 aromatic heterocycles. The molecule has 0 aliphatic heterocycles. The highest BCUT2D eigenvalue weighted by atomic mass is 14.3. The Morgan fingerprint density at radius 3 is 1.11 bits per heavy atom. The standard InChI is InChI=1S/C18H37/c1-7-15(8-2)13-18(17(11-5)12-6)14-16(9-3)10-4/h15-17H,7-14H2,1-6H3. The van der Waals surface area contributed by atoms with Crippen molar-refractivity contribution < 1.29 is 0 Å². The molecule has 0 heterocycles. The number of hydrogen-bond donors (Lipinski definition) is 0. The second-order valence-electron chi connectivity index (χ2n) is 5.94. The smallest absolute Gasteiger partial charge is 0.0205 e. The van der Waals surface area contributed by atoms with Gasteiger partial charge in [0.15, 0.2) is 0 Å². The van der Waals surface area contributed by atoms with E-state index in [1.165, 1.54) is 51.4 Å². The molecular weight excluding hydrogens is 216 g/mol. The van der Waals surface area contributed by atoms with E-state index in [0.29, 0.717) is 0 Å². The van der Waals surface area contributed by atoms with Crippen molar-refractivity contribution in [3.8, 4) is 0 Å². The van der Waals surface area contributed by atoms with Crippen LogP contribution in [0.2, 0.25) is 0 Å². The molecule has 18 heavy (non-hydrogen) atoms. The Balaban J connectivity index is 4.58. The van der Waals surface area contributed by atoms with Gasteiger partial charge in [-0.3, -0.25) is 0 Å². The van der Waals surface area contributed by atoms with Gasteiger partial charge in [-0.05, 0) is 36.5 Å². The maximum atomic E-state index is 2.37. The summed E-state index contributed by atoms with van der Waals surface area (Å²) in [6.45, 7) is 14.2. The van der Waals surface area contributed by atoms with Crippen LogP contribution in [0.1, 0.15) is 92.9 Å². The van der Waals surface area contributed by atoms with Gasteiger partial charge in [-0.15, -0.1) is 0 Å². The average molecular weight is 253 g/mol. The largest absolute Gasteiger partial charge is 0.0651 e. The highest BCUT2D eigenvalue weighted by molar-refractivity contribution is 4.98. The molecule has 0 aromatic carbocycles. The minimum Gasteiger partial charge on any atom is -0.0651 e. The highest BCUT2D eigenvalue weighted by Gasteiger charge is 2.24. The Morgan fingerprint density at radius 1 is 0.556 bits per heavy atom.